The Balaban J connectivity index is 1.29. The number of ketones is 1. The van der Waals surface area contributed by atoms with Gasteiger partial charge in [0.2, 0.25) is 0 Å². The smallest absolute Gasteiger partial charge is 0.176 e. The number of Topliss-reactive ketones (excluding diaryl/α,β-unsaturated/α-hetero) is 1. The number of nitrogens with zero attached hydrogens (tertiary/aromatic N) is 1. The largest absolute Gasteiger partial charge is 0.296 e. The lowest BCUT2D eigenvalue weighted by molar-refractivity contribution is 0.0895. The lowest BCUT2D eigenvalue weighted by Crippen LogP contribution is -2.37. The average molecular weight is 370 g/mol. The SMILES string of the molecule is O=C(CN1CCC(Cc2ccccc2)CC1)c1ccc(-c2ccccc2)cc1. The van der Waals surface area contributed by atoms with Crippen LogP contribution in [0.5, 0.6) is 0 Å². The molecule has 1 saturated heterocycles. The fourth-order valence-electron chi connectivity index (χ4n) is 4.07. The first-order chi connectivity index (χ1) is 13.8. The van der Waals surface area contributed by atoms with Crippen molar-refractivity contribution < 1.29 is 4.79 Å². The highest BCUT2D eigenvalue weighted by atomic mass is 16.1. The van der Waals surface area contributed by atoms with Gasteiger partial charge < -0.3 is 0 Å². The van der Waals surface area contributed by atoms with Crippen molar-refractivity contribution in [1.29, 1.82) is 0 Å². The Hall–Kier alpha value is -2.71. The maximum atomic E-state index is 12.7. The third-order valence-corrected chi connectivity index (χ3v) is 5.76. The molecule has 0 amide bonds. The van der Waals surface area contributed by atoms with Gasteiger partial charge in [-0.15, -0.1) is 0 Å². The van der Waals surface area contributed by atoms with Crippen molar-refractivity contribution in [3.63, 3.8) is 0 Å². The summed E-state index contributed by atoms with van der Waals surface area (Å²) in [5.74, 6) is 0.958. The van der Waals surface area contributed by atoms with Crippen LogP contribution in [0.25, 0.3) is 11.1 Å². The minimum Gasteiger partial charge on any atom is -0.296 e. The van der Waals surface area contributed by atoms with Crippen LogP contribution < -0.4 is 0 Å². The normalized spacial score (nSPS) is 15.4. The van der Waals surface area contributed by atoms with E-state index in [1.807, 2.05) is 30.3 Å². The molecule has 28 heavy (non-hydrogen) atoms. The van der Waals surface area contributed by atoms with Gasteiger partial charge in [0.1, 0.15) is 0 Å². The van der Waals surface area contributed by atoms with E-state index in [9.17, 15) is 4.79 Å². The quantitative estimate of drug-likeness (QED) is 0.535. The van der Waals surface area contributed by atoms with Crippen LogP contribution in [-0.2, 0) is 6.42 Å². The number of carbonyl (C=O) groups is 1. The lowest BCUT2D eigenvalue weighted by atomic mass is 9.90. The molecule has 0 bridgehead atoms. The number of hydrogen-bond donors (Lipinski definition) is 0. The zero-order valence-corrected chi connectivity index (χ0v) is 16.3. The Morgan fingerprint density at radius 3 is 1.96 bits per heavy atom. The second kappa shape index (κ2) is 8.99. The molecule has 0 spiro atoms. The van der Waals surface area contributed by atoms with Crippen LogP contribution >= 0.6 is 0 Å². The predicted molar refractivity (Wildman–Crippen MR) is 116 cm³/mol. The van der Waals surface area contributed by atoms with Gasteiger partial charge in [0, 0.05) is 5.56 Å². The van der Waals surface area contributed by atoms with Crippen molar-refractivity contribution in [3.05, 3.63) is 96.1 Å². The predicted octanol–water partition coefficient (Wildman–Crippen LogP) is 5.49. The molecule has 1 aliphatic rings. The molecule has 0 aromatic heterocycles. The van der Waals surface area contributed by atoms with E-state index in [4.69, 9.17) is 0 Å². The Morgan fingerprint density at radius 1 is 0.750 bits per heavy atom. The van der Waals surface area contributed by atoms with Crippen LogP contribution in [0.2, 0.25) is 0 Å². The third-order valence-electron chi connectivity index (χ3n) is 5.76. The van der Waals surface area contributed by atoms with Crippen LogP contribution in [0.3, 0.4) is 0 Å². The van der Waals surface area contributed by atoms with E-state index < -0.39 is 0 Å². The van der Waals surface area contributed by atoms with Gasteiger partial charge >= 0.3 is 0 Å². The van der Waals surface area contributed by atoms with Crippen LogP contribution in [-0.4, -0.2) is 30.3 Å². The van der Waals surface area contributed by atoms with Gasteiger partial charge in [0.25, 0.3) is 0 Å². The molecule has 0 saturated carbocycles. The summed E-state index contributed by atoms with van der Waals surface area (Å²) < 4.78 is 0. The maximum absolute atomic E-state index is 12.7. The average Bonchev–Trinajstić information content (AvgIpc) is 2.76. The molecule has 3 aromatic rings. The molecule has 0 aliphatic carbocycles. The van der Waals surface area contributed by atoms with E-state index in [1.165, 1.54) is 24.0 Å². The summed E-state index contributed by atoms with van der Waals surface area (Å²) in [6.07, 6.45) is 3.51. The second-order valence-electron chi connectivity index (χ2n) is 7.78. The topological polar surface area (TPSA) is 20.3 Å². The molecule has 1 fully saturated rings. The molecule has 4 rings (SSSR count). The Bertz CT molecular complexity index is 879. The van der Waals surface area contributed by atoms with Crippen molar-refractivity contribution >= 4 is 5.78 Å². The second-order valence-corrected chi connectivity index (χ2v) is 7.78. The van der Waals surface area contributed by atoms with E-state index in [0.29, 0.717) is 6.54 Å². The molecular formula is C26H27NO. The molecule has 1 aliphatic heterocycles. The first-order valence-corrected chi connectivity index (χ1v) is 10.2. The first-order valence-electron chi connectivity index (χ1n) is 10.2. The minimum atomic E-state index is 0.223. The molecule has 1 heterocycles. The summed E-state index contributed by atoms with van der Waals surface area (Å²) in [6.45, 7) is 2.57. The molecule has 0 radical (unpaired) electrons. The summed E-state index contributed by atoms with van der Waals surface area (Å²) >= 11 is 0. The highest BCUT2D eigenvalue weighted by Crippen LogP contribution is 2.23. The van der Waals surface area contributed by atoms with E-state index in [1.54, 1.807) is 0 Å². The maximum Gasteiger partial charge on any atom is 0.176 e. The van der Waals surface area contributed by atoms with Crippen LogP contribution in [0.15, 0.2) is 84.9 Å². The zero-order chi connectivity index (χ0) is 19.2. The Kier molecular flexibility index (Phi) is 5.98. The highest BCUT2D eigenvalue weighted by molar-refractivity contribution is 5.98. The van der Waals surface area contributed by atoms with Gasteiger partial charge in [0.05, 0.1) is 6.54 Å². The lowest BCUT2D eigenvalue weighted by Gasteiger charge is -2.31. The third kappa shape index (κ3) is 4.76. The molecule has 2 heteroatoms. The summed E-state index contributed by atoms with van der Waals surface area (Å²) in [6, 6.07) is 29.1. The molecule has 0 N–H and O–H groups in total. The summed E-state index contributed by atoms with van der Waals surface area (Å²) in [7, 11) is 0. The van der Waals surface area contributed by atoms with Gasteiger partial charge in [0.15, 0.2) is 5.78 Å². The van der Waals surface area contributed by atoms with Gasteiger partial charge in [-0.2, -0.15) is 0 Å². The summed E-state index contributed by atoms with van der Waals surface area (Å²) in [5.41, 5.74) is 4.57. The minimum absolute atomic E-state index is 0.223. The molecule has 2 nitrogen and oxygen atoms in total. The molecule has 142 valence electrons. The van der Waals surface area contributed by atoms with Crippen LogP contribution in [0, 0.1) is 5.92 Å². The fraction of sp³-hybridized carbons (Fsp3) is 0.269. The zero-order valence-electron chi connectivity index (χ0n) is 16.3. The van der Waals surface area contributed by atoms with E-state index >= 15 is 0 Å². The van der Waals surface area contributed by atoms with Gasteiger partial charge in [-0.1, -0.05) is 84.9 Å². The van der Waals surface area contributed by atoms with Gasteiger partial charge in [-0.25, -0.2) is 0 Å². The number of likely N-dealkylation sites (tertiary alicyclic amines) is 1. The van der Waals surface area contributed by atoms with Crippen LogP contribution in [0.4, 0.5) is 0 Å². The van der Waals surface area contributed by atoms with E-state index in [-0.39, 0.29) is 5.78 Å². The highest BCUT2D eigenvalue weighted by Gasteiger charge is 2.21. The van der Waals surface area contributed by atoms with Crippen molar-refractivity contribution in [1.82, 2.24) is 4.90 Å². The van der Waals surface area contributed by atoms with Crippen molar-refractivity contribution in [2.45, 2.75) is 19.3 Å². The number of hydrogen-bond acceptors (Lipinski definition) is 2. The van der Waals surface area contributed by atoms with Gasteiger partial charge in [-0.3, -0.25) is 9.69 Å². The van der Waals surface area contributed by atoms with Crippen molar-refractivity contribution in [2.24, 2.45) is 5.92 Å². The number of rotatable bonds is 6. The molecule has 0 atom stereocenters. The first kappa shape index (κ1) is 18.6. The fourth-order valence-corrected chi connectivity index (χ4v) is 4.07. The van der Waals surface area contributed by atoms with Crippen LogP contribution in [0.1, 0.15) is 28.8 Å². The monoisotopic (exact) mass is 369 g/mol. The van der Waals surface area contributed by atoms with Crippen molar-refractivity contribution in [2.75, 3.05) is 19.6 Å². The summed E-state index contributed by atoms with van der Waals surface area (Å²) in [5, 5.41) is 0. The molecule has 3 aromatic carbocycles. The number of benzene rings is 3. The number of piperidine rings is 1. The van der Waals surface area contributed by atoms with Crippen molar-refractivity contribution in [3.8, 4) is 11.1 Å². The standard InChI is InChI=1S/C26H27NO/c28-26(25-13-11-24(12-14-25)23-9-5-2-6-10-23)20-27-17-15-22(16-18-27)19-21-7-3-1-4-8-21/h1-14,22H,15-20H2. The summed E-state index contributed by atoms with van der Waals surface area (Å²) in [4.78, 5) is 15.0. The molecular weight excluding hydrogens is 342 g/mol. The van der Waals surface area contributed by atoms with E-state index in [2.05, 4.69) is 59.5 Å². The van der Waals surface area contributed by atoms with E-state index in [0.717, 1.165) is 36.6 Å². The molecule has 0 unspecified atom stereocenters. The number of carbonyl (C=O) groups excluding carboxylic acids is 1. The Labute approximate surface area is 167 Å². The van der Waals surface area contributed by atoms with Gasteiger partial charge in [-0.05, 0) is 55.0 Å². The Morgan fingerprint density at radius 2 is 1.32 bits per heavy atom.